The predicted octanol–water partition coefficient (Wildman–Crippen LogP) is -1.42. The van der Waals surface area contributed by atoms with Gasteiger partial charge in [-0.3, -0.25) is 0 Å². The zero-order valence-corrected chi connectivity index (χ0v) is 6.79. The number of nitrogens with one attached hydrogen (secondary N) is 1. The summed E-state index contributed by atoms with van der Waals surface area (Å²) in [6.45, 7) is 0. The Labute approximate surface area is 52.6 Å². The van der Waals surface area contributed by atoms with Crippen LogP contribution in [-0.4, -0.2) is 35.0 Å². The first-order valence-corrected chi connectivity index (χ1v) is 3.14. The maximum atomic E-state index is 3.68. The van der Waals surface area contributed by atoms with Crippen molar-refractivity contribution in [2.75, 3.05) is 0 Å². The third-order valence-corrected chi connectivity index (χ3v) is 1.49. The van der Waals surface area contributed by atoms with E-state index >= 15 is 0 Å². The van der Waals surface area contributed by atoms with Crippen molar-refractivity contribution in [3.63, 3.8) is 0 Å². The third-order valence-electron chi connectivity index (χ3n) is 0.0956. The SMILES string of the molecule is SNC(=[Se])[SeH]. The molecule has 5 heavy (non-hydrogen) atoms. The minimum atomic E-state index is 0.931. The van der Waals surface area contributed by atoms with Crippen molar-refractivity contribution in [3.05, 3.63) is 0 Å². The van der Waals surface area contributed by atoms with Gasteiger partial charge in [0, 0.05) is 0 Å². The topological polar surface area (TPSA) is 12.0 Å². The van der Waals surface area contributed by atoms with Crippen LogP contribution in [0.2, 0.25) is 0 Å². The fourth-order valence-electron chi connectivity index (χ4n) is 0. The number of hydrogen-bond donors (Lipinski definition) is 2. The molecule has 0 heterocycles. The van der Waals surface area contributed by atoms with Gasteiger partial charge in [0.15, 0.2) is 0 Å². The van der Waals surface area contributed by atoms with E-state index < -0.39 is 0 Å². The van der Waals surface area contributed by atoms with Crippen molar-refractivity contribution in [1.82, 2.24) is 4.72 Å². The first kappa shape index (κ1) is 6.06. The van der Waals surface area contributed by atoms with Crippen LogP contribution in [0.25, 0.3) is 0 Å². The molecule has 0 atom stereocenters. The van der Waals surface area contributed by atoms with Crippen LogP contribution in [-0.2, 0) is 0 Å². The van der Waals surface area contributed by atoms with Crippen LogP contribution in [0.1, 0.15) is 0 Å². The van der Waals surface area contributed by atoms with E-state index in [0.717, 1.165) is 3.44 Å². The molecule has 0 aromatic rings. The molecular weight excluding hydrogens is 216 g/mol. The molecule has 0 fully saturated rings. The van der Waals surface area contributed by atoms with Crippen LogP contribution < -0.4 is 4.72 Å². The van der Waals surface area contributed by atoms with Gasteiger partial charge in [-0.1, -0.05) is 0 Å². The molecule has 0 aliphatic carbocycles. The average molecular weight is 219 g/mol. The van der Waals surface area contributed by atoms with E-state index in [1.807, 2.05) is 0 Å². The first-order valence-electron chi connectivity index (χ1n) is 0.901. The van der Waals surface area contributed by atoms with E-state index in [4.69, 9.17) is 0 Å². The average Bonchev–Trinajstić information content (AvgIpc) is 1.38. The van der Waals surface area contributed by atoms with Gasteiger partial charge in [0.1, 0.15) is 0 Å². The fourth-order valence-corrected chi connectivity index (χ4v) is 0. The molecule has 0 aromatic heterocycles. The fraction of sp³-hybridized carbons (Fsp3) is 0. The van der Waals surface area contributed by atoms with E-state index in [1.165, 1.54) is 0 Å². The van der Waals surface area contributed by atoms with Gasteiger partial charge in [0.05, 0.1) is 0 Å². The summed E-state index contributed by atoms with van der Waals surface area (Å²) in [5.41, 5.74) is 0. The molecule has 0 saturated heterocycles. The molecule has 0 aliphatic heterocycles. The molecule has 0 bridgehead atoms. The molecule has 4 heteroatoms. The molecule has 1 nitrogen and oxygen atoms in total. The number of thiol groups is 1. The van der Waals surface area contributed by atoms with Gasteiger partial charge >= 0.3 is 52.6 Å². The second-order valence-electron chi connectivity index (χ2n) is 0.417. The van der Waals surface area contributed by atoms with Crippen LogP contribution in [0.3, 0.4) is 0 Å². The molecule has 0 unspecified atom stereocenters. The summed E-state index contributed by atoms with van der Waals surface area (Å²) in [5, 5.41) is 0. The zero-order chi connectivity index (χ0) is 4.28. The Balaban J connectivity index is 2.85. The molecule has 0 aliphatic rings. The first-order chi connectivity index (χ1) is 2.27. The van der Waals surface area contributed by atoms with Crippen LogP contribution in [0.4, 0.5) is 0 Å². The van der Waals surface area contributed by atoms with E-state index in [2.05, 4.69) is 49.1 Å². The van der Waals surface area contributed by atoms with Gasteiger partial charge in [-0.2, -0.15) is 0 Å². The molecule has 0 spiro atoms. The molecular formula is CH3NSSe2. The summed E-state index contributed by atoms with van der Waals surface area (Å²) in [4.78, 5) is 0. The minimum absolute atomic E-state index is 0.931. The van der Waals surface area contributed by atoms with Gasteiger partial charge in [-0.15, -0.1) is 0 Å². The molecule has 1 N–H and O–H groups in total. The van der Waals surface area contributed by atoms with Gasteiger partial charge < -0.3 is 0 Å². The van der Waals surface area contributed by atoms with Crippen LogP contribution in [0.15, 0.2) is 0 Å². The van der Waals surface area contributed by atoms with Crippen LogP contribution >= 0.6 is 12.8 Å². The van der Waals surface area contributed by atoms with Gasteiger partial charge in [-0.25, -0.2) is 0 Å². The Morgan fingerprint density at radius 3 is 2.20 bits per heavy atom. The quantitative estimate of drug-likeness (QED) is 0.407. The summed E-state index contributed by atoms with van der Waals surface area (Å²) in [7, 11) is 0. The van der Waals surface area contributed by atoms with Crippen LogP contribution in [0, 0.1) is 0 Å². The van der Waals surface area contributed by atoms with Gasteiger partial charge in [0.2, 0.25) is 0 Å². The van der Waals surface area contributed by atoms with E-state index in [-0.39, 0.29) is 0 Å². The van der Waals surface area contributed by atoms with Crippen molar-refractivity contribution in [3.8, 4) is 0 Å². The van der Waals surface area contributed by atoms with Crippen molar-refractivity contribution >= 4 is 47.8 Å². The van der Waals surface area contributed by atoms with Crippen LogP contribution in [0.5, 0.6) is 0 Å². The second kappa shape index (κ2) is 3.26. The van der Waals surface area contributed by atoms with Crippen molar-refractivity contribution < 1.29 is 0 Å². The Morgan fingerprint density at radius 2 is 2.20 bits per heavy atom. The zero-order valence-electron chi connectivity index (χ0n) is 2.30. The van der Waals surface area contributed by atoms with Crippen molar-refractivity contribution in [2.45, 2.75) is 0 Å². The van der Waals surface area contributed by atoms with E-state index in [9.17, 15) is 0 Å². The summed E-state index contributed by atoms with van der Waals surface area (Å²) < 4.78 is 3.49. The molecule has 30 valence electrons. The van der Waals surface area contributed by atoms with Gasteiger partial charge in [0.25, 0.3) is 0 Å². The summed E-state index contributed by atoms with van der Waals surface area (Å²) in [6, 6.07) is 0. The third kappa shape index (κ3) is 5.06. The standard InChI is InChI=1S/CH3NSSe2/c3-2-1(4)5/h3H,(H2,2,4,5). The monoisotopic (exact) mass is 221 g/mol. The summed E-state index contributed by atoms with van der Waals surface area (Å²) >= 11 is 8.65. The summed E-state index contributed by atoms with van der Waals surface area (Å²) in [6.07, 6.45) is 0. The normalized spacial score (nSPS) is 6.80. The Hall–Kier alpha value is 1.06. The molecule has 0 saturated carbocycles. The van der Waals surface area contributed by atoms with Crippen molar-refractivity contribution in [2.24, 2.45) is 0 Å². The molecule has 0 rings (SSSR count). The number of rotatable bonds is 1. The Kier molecular flexibility index (Phi) is 3.95. The number of hydrogen-bond acceptors (Lipinski definition) is 2. The van der Waals surface area contributed by atoms with Crippen molar-refractivity contribution in [1.29, 1.82) is 0 Å². The molecule has 0 aromatic carbocycles. The molecule has 0 radical (unpaired) electrons. The Bertz CT molecular complexity index is 44.9. The Morgan fingerprint density at radius 1 is 2.00 bits per heavy atom. The van der Waals surface area contributed by atoms with Gasteiger partial charge in [-0.05, 0) is 0 Å². The summed E-state index contributed by atoms with van der Waals surface area (Å²) in [5.74, 6) is 0. The predicted molar refractivity (Wildman–Crippen MR) is 30.0 cm³/mol. The maximum absolute atomic E-state index is 3.68. The second-order valence-corrected chi connectivity index (χ2v) is 3.91. The van der Waals surface area contributed by atoms with E-state index in [0.29, 0.717) is 0 Å². The molecule has 0 amide bonds. The van der Waals surface area contributed by atoms with E-state index in [1.54, 1.807) is 0 Å².